The number of halogens is 1. The van der Waals surface area contributed by atoms with Crippen molar-refractivity contribution in [2.45, 2.75) is 58.7 Å². The number of ether oxygens (including phenoxy) is 2. The molecule has 0 aromatic heterocycles. The summed E-state index contributed by atoms with van der Waals surface area (Å²) in [6.07, 6.45) is -0.824. The first-order valence-corrected chi connectivity index (χ1v) is 7.39. The van der Waals surface area contributed by atoms with Crippen LogP contribution in [0.25, 0.3) is 0 Å². The van der Waals surface area contributed by atoms with Crippen LogP contribution in [0.15, 0.2) is 0 Å². The van der Waals surface area contributed by atoms with Gasteiger partial charge in [-0.15, -0.1) is 0 Å². The van der Waals surface area contributed by atoms with Crippen LogP contribution in [0.3, 0.4) is 0 Å². The minimum Gasteiger partial charge on any atom is -0.466 e. The fourth-order valence-corrected chi connectivity index (χ4v) is 1.68. The Kier molecular flexibility index (Phi) is 9.43. The number of esters is 2. The summed E-state index contributed by atoms with van der Waals surface area (Å²) in [5.41, 5.74) is -0.978. The molecular formula is C14H21ClO8. The molecule has 0 radical (unpaired) electrons. The quantitative estimate of drug-likeness (QED) is 0.192. The maximum Gasteiger partial charge on any atom is 0.391 e. The fraction of sp³-hybridized carbons (Fsp3) is 0.714. The lowest BCUT2D eigenvalue weighted by Crippen LogP contribution is -2.33. The Hall–Kier alpha value is -1.67. The number of hydrogen-bond acceptors (Lipinski definition) is 8. The summed E-state index contributed by atoms with van der Waals surface area (Å²) in [6.45, 7) is 6.62. The van der Waals surface area contributed by atoms with Gasteiger partial charge in [0.2, 0.25) is 0 Å². The predicted octanol–water partition coefficient (Wildman–Crippen LogP) is 1.67. The third-order valence-corrected chi connectivity index (χ3v) is 2.60. The summed E-state index contributed by atoms with van der Waals surface area (Å²) in [7, 11) is 0. The standard InChI is InChI=1S/C14H21ClO8/c1-5-20-10(16)6-7-11(17)22-23-14(3,4)8-9(2)21-13(19)12(15)18/h9H,5-8H2,1-4H3. The molecule has 0 amide bonds. The minimum atomic E-state index is -1.22. The Bertz CT molecular complexity index is 446. The van der Waals surface area contributed by atoms with Crippen molar-refractivity contribution >= 4 is 34.8 Å². The van der Waals surface area contributed by atoms with E-state index in [0.717, 1.165) is 0 Å². The van der Waals surface area contributed by atoms with Gasteiger partial charge >= 0.3 is 23.2 Å². The summed E-state index contributed by atoms with van der Waals surface area (Å²) in [6, 6.07) is 0. The maximum absolute atomic E-state index is 11.4. The van der Waals surface area contributed by atoms with E-state index < -0.39 is 34.9 Å². The highest BCUT2D eigenvalue weighted by atomic mass is 35.5. The van der Waals surface area contributed by atoms with Gasteiger partial charge in [0.15, 0.2) is 0 Å². The highest BCUT2D eigenvalue weighted by Gasteiger charge is 2.28. The first kappa shape index (κ1) is 21.3. The van der Waals surface area contributed by atoms with Gasteiger partial charge in [-0.3, -0.25) is 14.5 Å². The lowest BCUT2D eigenvalue weighted by atomic mass is 10.0. The van der Waals surface area contributed by atoms with Gasteiger partial charge in [-0.2, -0.15) is 4.89 Å². The van der Waals surface area contributed by atoms with Crippen LogP contribution < -0.4 is 0 Å². The van der Waals surface area contributed by atoms with E-state index in [1.807, 2.05) is 0 Å². The summed E-state index contributed by atoms with van der Waals surface area (Å²) < 4.78 is 9.43. The van der Waals surface area contributed by atoms with Crippen molar-refractivity contribution in [3.05, 3.63) is 0 Å². The summed E-state index contributed by atoms with van der Waals surface area (Å²) in [5, 5.41) is -1.22. The molecule has 0 aromatic carbocycles. The van der Waals surface area contributed by atoms with Crippen LogP contribution in [0.4, 0.5) is 0 Å². The zero-order chi connectivity index (χ0) is 18.0. The van der Waals surface area contributed by atoms with Gasteiger partial charge in [-0.1, -0.05) is 0 Å². The molecule has 8 nitrogen and oxygen atoms in total. The second kappa shape index (κ2) is 10.2. The van der Waals surface area contributed by atoms with Crippen molar-refractivity contribution in [2.24, 2.45) is 0 Å². The average Bonchev–Trinajstić information content (AvgIpc) is 2.42. The number of carbonyl (C=O) groups is 4. The lowest BCUT2D eigenvalue weighted by molar-refractivity contribution is -0.329. The first-order valence-electron chi connectivity index (χ1n) is 7.02. The third-order valence-electron chi connectivity index (χ3n) is 2.45. The van der Waals surface area contributed by atoms with Crippen molar-refractivity contribution in [2.75, 3.05) is 6.61 Å². The largest absolute Gasteiger partial charge is 0.466 e. The van der Waals surface area contributed by atoms with E-state index in [0.29, 0.717) is 0 Å². The van der Waals surface area contributed by atoms with Gasteiger partial charge in [0.25, 0.3) is 0 Å². The molecule has 0 rings (SSSR count). The molecule has 132 valence electrons. The summed E-state index contributed by atoms with van der Waals surface area (Å²) >= 11 is 4.98. The van der Waals surface area contributed by atoms with E-state index in [1.54, 1.807) is 20.8 Å². The Morgan fingerprint density at radius 1 is 1.09 bits per heavy atom. The van der Waals surface area contributed by atoms with Crippen molar-refractivity contribution in [3.8, 4) is 0 Å². The Labute approximate surface area is 139 Å². The molecule has 0 bridgehead atoms. The van der Waals surface area contributed by atoms with Crippen LogP contribution in [-0.4, -0.2) is 41.5 Å². The van der Waals surface area contributed by atoms with Crippen LogP contribution >= 0.6 is 11.6 Å². The van der Waals surface area contributed by atoms with E-state index in [9.17, 15) is 19.2 Å². The minimum absolute atomic E-state index is 0.109. The van der Waals surface area contributed by atoms with Gasteiger partial charge in [-0.25, -0.2) is 9.59 Å². The molecule has 0 saturated heterocycles. The van der Waals surface area contributed by atoms with Gasteiger partial charge in [0.1, 0.15) is 11.7 Å². The predicted molar refractivity (Wildman–Crippen MR) is 78.2 cm³/mol. The van der Waals surface area contributed by atoms with Crippen LogP contribution in [-0.2, 0) is 38.4 Å². The van der Waals surface area contributed by atoms with Crippen LogP contribution in [0, 0.1) is 0 Å². The van der Waals surface area contributed by atoms with Gasteiger partial charge in [0, 0.05) is 6.42 Å². The zero-order valence-electron chi connectivity index (χ0n) is 13.5. The highest BCUT2D eigenvalue weighted by Crippen LogP contribution is 2.19. The maximum atomic E-state index is 11.4. The molecule has 0 heterocycles. The van der Waals surface area contributed by atoms with E-state index in [4.69, 9.17) is 21.2 Å². The Morgan fingerprint density at radius 3 is 2.17 bits per heavy atom. The van der Waals surface area contributed by atoms with Gasteiger partial charge < -0.3 is 9.47 Å². The molecule has 0 spiro atoms. The van der Waals surface area contributed by atoms with Crippen molar-refractivity contribution in [1.29, 1.82) is 0 Å². The SMILES string of the molecule is CCOC(=O)CCC(=O)OOC(C)(C)CC(C)OC(=O)C(=O)Cl. The molecule has 1 unspecified atom stereocenters. The van der Waals surface area contributed by atoms with E-state index >= 15 is 0 Å². The van der Waals surface area contributed by atoms with Crippen molar-refractivity contribution in [3.63, 3.8) is 0 Å². The third kappa shape index (κ3) is 10.6. The molecule has 0 aliphatic carbocycles. The number of carbonyl (C=O) groups excluding carboxylic acids is 4. The molecular weight excluding hydrogens is 332 g/mol. The molecule has 0 aliphatic rings. The van der Waals surface area contributed by atoms with Gasteiger partial charge in [-0.05, 0) is 39.3 Å². The Morgan fingerprint density at radius 2 is 1.65 bits per heavy atom. The number of rotatable bonds is 10. The molecule has 1 atom stereocenters. The first-order chi connectivity index (χ1) is 10.6. The fourth-order valence-electron chi connectivity index (χ4n) is 1.64. The van der Waals surface area contributed by atoms with E-state index in [-0.39, 0.29) is 25.9 Å². The second-order valence-electron chi connectivity index (χ2n) is 5.30. The summed E-state index contributed by atoms with van der Waals surface area (Å²) in [5.74, 6) is -2.40. The topological polar surface area (TPSA) is 105 Å². The van der Waals surface area contributed by atoms with E-state index in [1.165, 1.54) is 6.92 Å². The van der Waals surface area contributed by atoms with Crippen molar-refractivity contribution in [1.82, 2.24) is 0 Å². The van der Waals surface area contributed by atoms with Crippen LogP contribution in [0.5, 0.6) is 0 Å². The second-order valence-corrected chi connectivity index (χ2v) is 5.64. The number of hydrogen-bond donors (Lipinski definition) is 0. The van der Waals surface area contributed by atoms with Crippen molar-refractivity contribution < 1.29 is 38.4 Å². The lowest BCUT2D eigenvalue weighted by Gasteiger charge is -2.25. The van der Waals surface area contributed by atoms with Gasteiger partial charge in [0.05, 0.1) is 19.4 Å². The summed E-state index contributed by atoms with van der Waals surface area (Å²) in [4.78, 5) is 53.8. The van der Waals surface area contributed by atoms with E-state index in [2.05, 4.69) is 9.62 Å². The van der Waals surface area contributed by atoms with Crippen LogP contribution in [0.2, 0.25) is 0 Å². The van der Waals surface area contributed by atoms with Crippen LogP contribution in [0.1, 0.15) is 47.0 Å². The average molecular weight is 353 g/mol. The molecule has 9 heteroatoms. The molecule has 0 N–H and O–H groups in total. The molecule has 0 aromatic rings. The Balaban J connectivity index is 4.16. The normalized spacial score (nSPS) is 12.2. The molecule has 23 heavy (non-hydrogen) atoms. The highest BCUT2D eigenvalue weighted by molar-refractivity contribution is 6.80. The smallest absolute Gasteiger partial charge is 0.391 e. The zero-order valence-corrected chi connectivity index (χ0v) is 14.3. The molecule has 0 fully saturated rings. The molecule has 0 aliphatic heterocycles. The molecule has 0 saturated carbocycles. The monoisotopic (exact) mass is 352 g/mol.